The van der Waals surface area contributed by atoms with Gasteiger partial charge in [-0.3, -0.25) is 0 Å². The lowest BCUT2D eigenvalue weighted by atomic mass is 9.99. The van der Waals surface area contributed by atoms with E-state index in [1.54, 1.807) is 18.2 Å². The lowest BCUT2D eigenvalue weighted by Gasteiger charge is -2.43. The van der Waals surface area contributed by atoms with E-state index in [-0.39, 0.29) is 5.56 Å². The van der Waals surface area contributed by atoms with Crippen LogP contribution in [0.3, 0.4) is 0 Å². The van der Waals surface area contributed by atoms with Crippen molar-refractivity contribution >= 4 is 5.97 Å². The largest absolute Gasteiger partial charge is 0.459 e. The zero-order valence-corrected chi connectivity index (χ0v) is 16.3. The summed E-state index contributed by atoms with van der Waals surface area (Å²) in [6, 6.07) is 7.98. The van der Waals surface area contributed by atoms with E-state index in [9.17, 15) is 40.5 Å². The normalized spacial score (nSPS) is 40.6. The smallest absolute Gasteiger partial charge is 0.338 e. The van der Waals surface area contributed by atoms with E-state index in [4.69, 9.17) is 18.9 Å². The molecular formula is C19H26O12. The minimum absolute atomic E-state index is 0.243. The Morgan fingerprint density at radius 1 is 0.935 bits per heavy atom. The number of carbonyl (C=O) groups excluding carboxylic acids is 1. The Kier molecular flexibility index (Phi) is 7.59. The summed E-state index contributed by atoms with van der Waals surface area (Å²) in [5.74, 6) is -3.00. The van der Waals surface area contributed by atoms with Crippen molar-refractivity contribution in [3.63, 3.8) is 0 Å². The van der Waals surface area contributed by atoms with Gasteiger partial charge in [-0.25, -0.2) is 4.79 Å². The van der Waals surface area contributed by atoms with Gasteiger partial charge in [-0.1, -0.05) is 18.2 Å². The molecule has 3 rings (SSSR count). The average molecular weight is 446 g/mol. The van der Waals surface area contributed by atoms with Crippen molar-refractivity contribution in [2.24, 2.45) is 0 Å². The molecule has 0 radical (unpaired) electrons. The molecule has 9 unspecified atom stereocenters. The number of aliphatic hydroxyl groups excluding tert-OH is 7. The van der Waals surface area contributed by atoms with Gasteiger partial charge in [0.1, 0.15) is 55.9 Å². The monoisotopic (exact) mass is 446 g/mol. The zero-order valence-electron chi connectivity index (χ0n) is 16.3. The summed E-state index contributed by atoms with van der Waals surface area (Å²) in [5.41, 5.74) is 0.243. The Hall–Kier alpha value is -1.71. The van der Waals surface area contributed by atoms with E-state index in [0.717, 1.165) is 0 Å². The Morgan fingerprint density at radius 2 is 1.61 bits per heavy atom. The highest BCUT2D eigenvalue weighted by atomic mass is 16.8. The van der Waals surface area contributed by atoms with Gasteiger partial charge in [-0.2, -0.15) is 0 Å². The van der Waals surface area contributed by atoms with Gasteiger partial charge in [-0.15, -0.1) is 0 Å². The summed E-state index contributed by atoms with van der Waals surface area (Å²) in [5, 5.41) is 69.7. The number of aliphatic hydroxyl groups is 7. The van der Waals surface area contributed by atoms with Crippen LogP contribution >= 0.6 is 0 Å². The maximum atomic E-state index is 12.1. The van der Waals surface area contributed by atoms with Crippen LogP contribution in [-0.4, -0.2) is 116 Å². The van der Waals surface area contributed by atoms with Crippen LogP contribution in [0.25, 0.3) is 0 Å². The topological polar surface area (TPSA) is 196 Å². The lowest BCUT2D eigenvalue weighted by molar-refractivity contribution is -0.383. The molecule has 0 aromatic heterocycles. The molecule has 2 saturated heterocycles. The molecule has 2 fully saturated rings. The fourth-order valence-electron chi connectivity index (χ4n) is 3.43. The van der Waals surface area contributed by atoms with Crippen molar-refractivity contribution in [2.75, 3.05) is 19.8 Å². The minimum atomic E-state index is -2.29. The molecule has 9 atom stereocenters. The second-order valence-corrected chi connectivity index (χ2v) is 7.34. The van der Waals surface area contributed by atoms with E-state index in [1.165, 1.54) is 12.1 Å². The predicted octanol–water partition coefficient (Wildman–Crippen LogP) is -3.53. The molecule has 2 aliphatic rings. The van der Waals surface area contributed by atoms with Gasteiger partial charge in [0.2, 0.25) is 5.79 Å². The second kappa shape index (κ2) is 9.83. The van der Waals surface area contributed by atoms with E-state index in [2.05, 4.69) is 0 Å². The SMILES string of the molecule is O=C(OCC1OC(OC2(CO)OC(CO)C(O)C2O)C(O)C(O)C1O)c1ccccc1. The molecule has 1 aromatic carbocycles. The zero-order chi connectivity index (χ0) is 22.8. The van der Waals surface area contributed by atoms with Crippen LogP contribution in [0.2, 0.25) is 0 Å². The molecule has 0 saturated carbocycles. The fourth-order valence-corrected chi connectivity index (χ4v) is 3.43. The molecule has 1 aromatic rings. The minimum Gasteiger partial charge on any atom is -0.459 e. The standard InChI is InChI=1S/C19H26O12/c20-6-10-13(23)16(26)19(8-21,30-10)31-18-15(25)14(24)12(22)11(29-18)7-28-17(27)9-4-2-1-3-5-9/h1-5,10-16,18,20-26H,6-8H2. The number of ether oxygens (including phenoxy) is 4. The van der Waals surface area contributed by atoms with Crippen LogP contribution in [0.4, 0.5) is 0 Å². The molecule has 31 heavy (non-hydrogen) atoms. The van der Waals surface area contributed by atoms with Gasteiger partial charge in [-0.05, 0) is 12.1 Å². The highest BCUT2D eigenvalue weighted by Crippen LogP contribution is 2.36. The summed E-state index contributed by atoms with van der Waals surface area (Å²) in [6.07, 6.45) is -13.1. The summed E-state index contributed by atoms with van der Waals surface area (Å²) in [7, 11) is 0. The first-order valence-electron chi connectivity index (χ1n) is 9.59. The number of rotatable bonds is 7. The Morgan fingerprint density at radius 3 is 2.19 bits per heavy atom. The third-order valence-electron chi connectivity index (χ3n) is 5.28. The summed E-state index contributed by atoms with van der Waals surface area (Å²) in [6.45, 7) is -2.21. The van der Waals surface area contributed by atoms with E-state index in [0.29, 0.717) is 0 Å². The maximum Gasteiger partial charge on any atom is 0.338 e. The van der Waals surface area contributed by atoms with Crippen molar-refractivity contribution in [3.05, 3.63) is 35.9 Å². The van der Waals surface area contributed by atoms with Gasteiger partial charge in [0.15, 0.2) is 6.29 Å². The molecule has 0 spiro atoms. The molecule has 0 bridgehead atoms. The molecule has 12 heteroatoms. The van der Waals surface area contributed by atoms with E-state index in [1.807, 2.05) is 0 Å². The van der Waals surface area contributed by atoms with Crippen LogP contribution in [0.5, 0.6) is 0 Å². The van der Waals surface area contributed by atoms with Crippen molar-refractivity contribution in [2.45, 2.75) is 54.8 Å². The van der Waals surface area contributed by atoms with Crippen molar-refractivity contribution < 1.29 is 59.5 Å². The number of hydrogen-bond acceptors (Lipinski definition) is 12. The second-order valence-electron chi connectivity index (χ2n) is 7.34. The van der Waals surface area contributed by atoms with Crippen LogP contribution in [-0.2, 0) is 18.9 Å². The molecular weight excluding hydrogens is 420 g/mol. The third-order valence-corrected chi connectivity index (χ3v) is 5.28. The number of benzene rings is 1. The van der Waals surface area contributed by atoms with Crippen molar-refractivity contribution in [1.29, 1.82) is 0 Å². The highest BCUT2D eigenvalue weighted by Gasteiger charge is 2.58. The van der Waals surface area contributed by atoms with Gasteiger partial charge in [0, 0.05) is 0 Å². The first kappa shape index (κ1) is 23.9. The number of hydrogen-bond donors (Lipinski definition) is 7. The lowest BCUT2D eigenvalue weighted by Crippen LogP contribution is -2.62. The Labute approximate surface area is 176 Å². The van der Waals surface area contributed by atoms with E-state index < -0.39 is 80.6 Å². The van der Waals surface area contributed by atoms with Gasteiger partial charge in [0.05, 0.1) is 12.2 Å². The summed E-state index contributed by atoms with van der Waals surface area (Å²) < 4.78 is 21.1. The van der Waals surface area contributed by atoms with Crippen LogP contribution in [0.15, 0.2) is 30.3 Å². The Balaban J connectivity index is 1.70. The molecule has 0 aliphatic carbocycles. The fraction of sp³-hybridized carbons (Fsp3) is 0.632. The molecule has 2 aliphatic heterocycles. The first-order chi connectivity index (χ1) is 14.7. The number of carbonyl (C=O) groups is 1. The van der Waals surface area contributed by atoms with E-state index >= 15 is 0 Å². The molecule has 7 N–H and O–H groups in total. The third kappa shape index (κ3) is 4.73. The van der Waals surface area contributed by atoms with Crippen LogP contribution in [0, 0.1) is 0 Å². The highest BCUT2D eigenvalue weighted by molar-refractivity contribution is 5.89. The molecule has 0 amide bonds. The van der Waals surface area contributed by atoms with Crippen molar-refractivity contribution in [1.82, 2.24) is 0 Å². The summed E-state index contributed by atoms with van der Waals surface area (Å²) in [4.78, 5) is 12.1. The summed E-state index contributed by atoms with van der Waals surface area (Å²) >= 11 is 0. The van der Waals surface area contributed by atoms with Crippen LogP contribution in [0.1, 0.15) is 10.4 Å². The van der Waals surface area contributed by atoms with Gasteiger partial charge < -0.3 is 54.7 Å². The van der Waals surface area contributed by atoms with Crippen LogP contribution < -0.4 is 0 Å². The first-order valence-corrected chi connectivity index (χ1v) is 9.59. The quantitative estimate of drug-likeness (QED) is 0.204. The Bertz CT molecular complexity index is 732. The molecule has 12 nitrogen and oxygen atoms in total. The number of esters is 1. The van der Waals surface area contributed by atoms with Gasteiger partial charge >= 0.3 is 5.97 Å². The average Bonchev–Trinajstić information content (AvgIpc) is 3.04. The molecule has 174 valence electrons. The molecule has 2 heterocycles. The predicted molar refractivity (Wildman–Crippen MR) is 98.3 cm³/mol. The van der Waals surface area contributed by atoms with Crippen molar-refractivity contribution in [3.8, 4) is 0 Å². The van der Waals surface area contributed by atoms with Gasteiger partial charge in [0.25, 0.3) is 0 Å². The maximum absolute atomic E-state index is 12.1.